The van der Waals surface area contributed by atoms with Crippen LogP contribution >= 0.6 is 0 Å². The van der Waals surface area contributed by atoms with Crippen LogP contribution in [0.5, 0.6) is 5.88 Å². The van der Waals surface area contributed by atoms with Crippen LogP contribution in [0.1, 0.15) is 55.1 Å². The Morgan fingerprint density at radius 2 is 2.04 bits per heavy atom. The molecule has 0 aliphatic heterocycles. The van der Waals surface area contributed by atoms with Crippen molar-refractivity contribution >= 4 is 12.0 Å². The van der Waals surface area contributed by atoms with Gasteiger partial charge in [0.15, 0.2) is 5.69 Å². The zero-order valence-electron chi connectivity index (χ0n) is 16.0. The average molecular weight is 401 g/mol. The summed E-state index contributed by atoms with van der Waals surface area (Å²) in [5, 5.41) is 19.6. The molecule has 2 N–H and O–H groups in total. The van der Waals surface area contributed by atoms with Crippen LogP contribution in [0.3, 0.4) is 0 Å². The molecule has 0 spiro atoms. The highest BCUT2D eigenvalue weighted by Crippen LogP contribution is 2.40. The lowest BCUT2D eigenvalue weighted by molar-refractivity contribution is -0.183. The molecule has 6 nitrogen and oxygen atoms in total. The van der Waals surface area contributed by atoms with Crippen LogP contribution in [-0.4, -0.2) is 47.1 Å². The van der Waals surface area contributed by atoms with E-state index < -0.39 is 18.0 Å². The van der Waals surface area contributed by atoms with Gasteiger partial charge in [0.2, 0.25) is 5.88 Å². The SMILES string of the molecule is CC[C@H](CO)NC(=O)c1cc(/C=C/C2CCC(C(F)(F)F)CC2)c(OC)nn1. The number of aliphatic hydroxyl groups excluding tert-OH is 1. The predicted molar refractivity (Wildman–Crippen MR) is 97.8 cm³/mol. The average Bonchev–Trinajstić information content (AvgIpc) is 2.69. The van der Waals surface area contributed by atoms with E-state index in [9.17, 15) is 23.1 Å². The first-order valence-electron chi connectivity index (χ1n) is 9.36. The molecule has 1 aromatic rings. The summed E-state index contributed by atoms with van der Waals surface area (Å²) in [4.78, 5) is 12.3. The van der Waals surface area contributed by atoms with E-state index >= 15 is 0 Å². The fourth-order valence-electron chi connectivity index (χ4n) is 3.20. The predicted octanol–water partition coefficient (Wildman–Crippen LogP) is 3.37. The van der Waals surface area contributed by atoms with Crippen LogP contribution in [0, 0.1) is 11.8 Å². The van der Waals surface area contributed by atoms with Gasteiger partial charge in [0, 0.05) is 5.56 Å². The van der Waals surface area contributed by atoms with Gasteiger partial charge in [-0.05, 0) is 44.1 Å². The molecule has 1 fully saturated rings. The van der Waals surface area contributed by atoms with Gasteiger partial charge >= 0.3 is 6.18 Å². The molecule has 0 radical (unpaired) electrons. The van der Waals surface area contributed by atoms with E-state index in [2.05, 4.69) is 15.5 Å². The lowest BCUT2D eigenvalue weighted by Gasteiger charge is -2.28. The van der Waals surface area contributed by atoms with E-state index in [1.54, 1.807) is 6.08 Å². The number of nitrogens with one attached hydrogen (secondary N) is 1. The number of rotatable bonds is 7. The number of aromatic nitrogens is 2. The molecular weight excluding hydrogens is 375 g/mol. The van der Waals surface area contributed by atoms with E-state index in [1.165, 1.54) is 13.2 Å². The minimum Gasteiger partial charge on any atom is -0.479 e. The van der Waals surface area contributed by atoms with Gasteiger partial charge in [0.1, 0.15) is 0 Å². The maximum Gasteiger partial charge on any atom is 0.391 e. The Morgan fingerprint density at radius 3 is 2.57 bits per heavy atom. The van der Waals surface area contributed by atoms with Crippen molar-refractivity contribution in [2.24, 2.45) is 11.8 Å². The molecule has 1 atom stereocenters. The maximum absolute atomic E-state index is 12.8. The summed E-state index contributed by atoms with van der Waals surface area (Å²) in [6.45, 7) is 1.65. The molecule has 156 valence electrons. The summed E-state index contributed by atoms with van der Waals surface area (Å²) < 4.78 is 43.5. The molecule has 1 aliphatic carbocycles. The quantitative estimate of drug-likeness (QED) is 0.732. The summed E-state index contributed by atoms with van der Waals surface area (Å²) in [7, 11) is 1.43. The van der Waals surface area contributed by atoms with E-state index in [1.807, 2.05) is 13.0 Å². The smallest absolute Gasteiger partial charge is 0.391 e. The lowest BCUT2D eigenvalue weighted by Crippen LogP contribution is -2.37. The van der Waals surface area contributed by atoms with Gasteiger partial charge in [-0.3, -0.25) is 4.79 Å². The molecule has 1 aromatic heterocycles. The Morgan fingerprint density at radius 1 is 1.36 bits per heavy atom. The second-order valence-electron chi connectivity index (χ2n) is 6.97. The molecule has 1 saturated carbocycles. The molecule has 0 saturated heterocycles. The number of methoxy groups -OCH3 is 1. The summed E-state index contributed by atoms with van der Waals surface area (Å²) in [6, 6.07) is 1.14. The zero-order chi connectivity index (χ0) is 20.7. The second kappa shape index (κ2) is 9.86. The standard InChI is InChI=1S/C19H26F3N3O3/c1-3-15(11-26)23-17(27)16-10-13(18(28-2)25-24-16)7-4-12-5-8-14(9-6-12)19(20,21)22/h4,7,10,12,14-15,26H,3,5-6,8-9,11H2,1-2H3,(H,23,27)/b7-4+/t12?,14?,15-/m1/s1. The minimum absolute atomic E-state index is 0.0348. The van der Waals surface area contributed by atoms with Crippen molar-refractivity contribution in [1.29, 1.82) is 0 Å². The van der Waals surface area contributed by atoms with Gasteiger partial charge in [0.25, 0.3) is 5.91 Å². The lowest BCUT2D eigenvalue weighted by atomic mass is 9.81. The van der Waals surface area contributed by atoms with Crippen LogP contribution in [0.4, 0.5) is 13.2 Å². The van der Waals surface area contributed by atoms with Crippen LogP contribution in [0.2, 0.25) is 0 Å². The van der Waals surface area contributed by atoms with Crippen LogP contribution in [0.25, 0.3) is 6.08 Å². The first kappa shape index (κ1) is 22.1. The third kappa shape index (κ3) is 5.92. The van der Waals surface area contributed by atoms with Gasteiger partial charge < -0.3 is 15.2 Å². The number of carbonyl (C=O) groups excluding carboxylic acids is 1. The van der Waals surface area contributed by atoms with Crippen molar-refractivity contribution in [2.75, 3.05) is 13.7 Å². The first-order chi connectivity index (χ1) is 13.3. The molecule has 0 bridgehead atoms. The maximum atomic E-state index is 12.8. The second-order valence-corrected chi connectivity index (χ2v) is 6.97. The number of hydrogen-bond acceptors (Lipinski definition) is 5. The van der Waals surface area contributed by atoms with Gasteiger partial charge in [-0.1, -0.05) is 19.1 Å². The molecule has 2 rings (SSSR count). The normalized spacial score (nSPS) is 21.5. The van der Waals surface area contributed by atoms with Gasteiger partial charge in [-0.2, -0.15) is 13.2 Å². The summed E-state index contributed by atoms with van der Waals surface area (Å²) in [6.07, 6.45) is 1.17. The number of amides is 1. The van der Waals surface area contributed by atoms with E-state index in [4.69, 9.17) is 4.74 Å². The Kier molecular flexibility index (Phi) is 7.79. The topological polar surface area (TPSA) is 84.3 Å². The summed E-state index contributed by atoms with van der Waals surface area (Å²) >= 11 is 0. The number of alkyl halides is 3. The number of halogens is 3. The van der Waals surface area contributed by atoms with Gasteiger partial charge in [-0.25, -0.2) is 0 Å². The number of hydrogen-bond donors (Lipinski definition) is 2. The largest absolute Gasteiger partial charge is 0.479 e. The van der Waals surface area contributed by atoms with E-state index in [0.717, 1.165) is 0 Å². The number of aliphatic hydroxyl groups is 1. The Labute approximate surface area is 162 Å². The highest BCUT2D eigenvalue weighted by Gasteiger charge is 2.40. The van der Waals surface area contributed by atoms with Crippen molar-refractivity contribution in [3.05, 3.63) is 23.4 Å². The monoisotopic (exact) mass is 401 g/mol. The van der Waals surface area contributed by atoms with E-state index in [-0.39, 0.29) is 43.0 Å². The van der Waals surface area contributed by atoms with Crippen LogP contribution in [0.15, 0.2) is 12.1 Å². The number of nitrogens with zero attached hydrogens (tertiary/aromatic N) is 2. The van der Waals surface area contributed by atoms with Crippen LogP contribution < -0.4 is 10.1 Å². The van der Waals surface area contributed by atoms with E-state index in [0.29, 0.717) is 24.8 Å². The highest BCUT2D eigenvalue weighted by molar-refractivity contribution is 5.93. The zero-order valence-corrected chi connectivity index (χ0v) is 16.0. The highest BCUT2D eigenvalue weighted by atomic mass is 19.4. The van der Waals surface area contributed by atoms with Crippen molar-refractivity contribution in [3.8, 4) is 5.88 Å². The first-order valence-corrected chi connectivity index (χ1v) is 9.36. The number of allylic oxidation sites excluding steroid dienone is 1. The molecule has 28 heavy (non-hydrogen) atoms. The summed E-state index contributed by atoms with van der Waals surface area (Å²) in [5.41, 5.74) is 0.603. The molecule has 0 unspecified atom stereocenters. The third-order valence-electron chi connectivity index (χ3n) is 5.04. The number of carbonyl (C=O) groups is 1. The van der Waals surface area contributed by atoms with Crippen molar-refractivity contribution in [2.45, 2.75) is 51.2 Å². The Balaban J connectivity index is 2.08. The molecule has 9 heteroatoms. The third-order valence-corrected chi connectivity index (χ3v) is 5.04. The van der Waals surface area contributed by atoms with Gasteiger partial charge in [0.05, 0.1) is 25.7 Å². The summed E-state index contributed by atoms with van der Waals surface area (Å²) in [5.74, 6) is -1.42. The van der Waals surface area contributed by atoms with Crippen molar-refractivity contribution in [3.63, 3.8) is 0 Å². The fourth-order valence-corrected chi connectivity index (χ4v) is 3.20. The fraction of sp³-hybridized carbons (Fsp3) is 0.632. The van der Waals surface area contributed by atoms with Crippen molar-refractivity contribution in [1.82, 2.24) is 15.5 Å². The van der Waals surface area contributed by atoms with Crippen molar-refractivity contribution < 1.29 is 27.8 Å². The molecular formula is C19H26F3N3O3. The molecule has 1 amide bonds. The number of ether oxygens (including phenoxy) is 1. The molecule has 1 heterocycles. The van der Waals surface area contributed by atoms with Gasteiger partial charge in [-0.15, -0.1) is 10.2 Å². The molecule has 0 aromatic carbocycles. The Hall–Kier alpha value is -2.16. The minimum atomic E-state index is -4.12. The Bertz CT molecular complexity index is 683. The molecule has 1 aliphatic rings. The van der Waals surface area contributed by atoms with Crippen LogP contribution in [-0.2, 0) is 0 Å².